The fourth-order valence-electron chi connectivity index (χ4n) is 3.45. The van der Waals surface area contributed by atoms with Crippen LogP contribution in [0.3, 0.4) is 0 Å². The van der Waals surface area contributed by atoms with Gasteiger partial charge in [0.05, 0.1) is 11.7 Å². The monoisotopic (exact) mass is 370 g/mol. The molecular weight excluding hydrogens is 348 g/mol. The Morgan fingerprint density at radius 1 is 0.964 bits per heavy atom. The Labute approximate surface area is 164 Å². The molecular formula is C22H22N6. The minimum atomic E-state index is 0.504. The van der Waals surface area contributed by atoms with Crippen molar-refractivity contribution in [1.29, 1.82) is 0 Å². The number of benzene rings is 1. The van der Waals surface area contributed by atoms with Crippen LogP contribution in [0, 0.1) is 27.7 Å². The summed E-state index contributed by atoms with van der Waals surface area (Å²) in [4.78, 5) is 13.1. The van der Waals surface area contributed by atoms with E-state index in [4.69, 9.17) is 0 Å². The summed E-state index contributed by atoms with van der Waals surface area (Å²) in [7, 11) is 0. The Morgan fingerprint density at radius 2 is 1.75 bits per heavy atom. The van der Waals surface area contributed by atoms with Crippen molar-refractivity contribution < 1.29 is 0 Å². The fourth-order valence-corrected chi connectivity index (χ4v) is 3.45. The van der Waals surface area contributed by atoms with Crippen LogP contribution in [0.15, 0.2) is 53.8 Å². The molecule has 6 heteroatoms. The van der Waals surface area contributed by atoms with Gasteiger partial charge in [0, 0.05) is 45.6 Å². The van der Waals surface area contributed by atoms with Crippen LogP contribution in [0.4, 0.5) is 5.95 Å². The summed E-state index contributed by atoms with van der Waals surface area (Å²) in [5, 5.41) is 5.45. The highest BCUT2D eigenvalue weighted by Crippen LogP contribution is 2.23. The molecule has 3 heterocycles. The van der Waals surface area contributed by atoms with E-state index in [2.05, 4.69) is 74.2 Å². The normalized spacial score (nSPS) is 11.4. The van der Waals surface area contributed by atoms with Crippen molar-refractivity contribution in [1.82, 2.24) is 19.5 Å². The highest BCUT2D eigenvalue weighted by atomic mass is 15.3. The minimum absolute atomic E-state index is 0.504. The first-order valence-electron chi connectivity index (χ1n) is 9.17. The summed E-state index contributed by atoms with van der Waals surface area (Å²) < 4.78 is 2.22. The van der Waals surface area contributed by atoms with Crippen molar-refractivity contribution in [2.75, 3.05) is 5.43 Å². The quantitative estimate of drug-likeness (QED) is 0.424. The zero-order chi connectivity index (χ0) is 19.7. The number of hydrazone groups is 1. The second kappa shape index (κ2) is 7.23. The van der Waals surface area contributed by atoms with Crippen molar-refractivity contribution in [3.63, 3.8) is 0 Å². The molecule has 0 aliphatic rings. The van der Waals surface area contributed by atoms with Crippen molar-refractivity contribution in [2.45, 2.75) is 27.7 Å². The number of nitrogens with zero attached hydrogens (tertiary/aromatic N) is 5. The molecule has 6 nitrogen and oxygen atoms in total. The van der Waals surface area contributed by atoms with Gasteiger partial charge >= 0.3 is 0 Å². The number of aromatic nitrogens is 4. The molecule has 0 aliphatic heterocycles. The van der Waals surface area contributed by atoms with Crippen LogP contribution in [0.25, 0.3) is 16.6 Å². The van der Waals surface area contributed by atoms with E-state index < -0.39 is 0 Å². The van der Waals surface area contributed by atoms with E-state index in [9.17, 15) is 0 Å². The predicted octanol–water partition coefficient (Wildman–Crippen LogP) is 4.50. The summed E-state index contributed by atoms with van der Waals surface area (Å²) in [6.07, 6.45) is 3.62. The van der Waals surface area contributed by atoms with Gasteiger partial charge in [-0.2, -0.15) is 5.10 Å². The smallest absolute Gasteiger partial charge is 0.243 e. The third-order valence-electron chi connectivity index (χ3n) is 4.67. The summed E-state index contributed by atoms with van der Waals surface area (Å²) in [6.45, 7) is 8.07. The highest BCUT2D eigenvalue weighted by molar-refractivity contribution is 5.84. The lowest BCUT2D eigenvalue weighted by atomic mass is 10.2. The molecule has 0 fully saturated rings. The third-order valence-corrected chi connectivity index (χ3v) is 4.67. The maximum absolute atomic E-state index is 4.40. The molecule has 0 aliphatic carbocycles. The van der Waals surface area contributed by atoms with Crippen LogP contribution < -0.4 is 5.43 Å². The summed E-state index contributed by atoms with van der Waals surface area (Å²) in [5.74, 6) is 0.504. The van der Waals surface area contributed by atoms with Crippen molar-refractivity contribution >= 4 is 23.1 Å². The van der Waals surface area contributed by atoms with Crippen molar-refractivity contribution in [2.24, 2.45) is 5.10 Å². The van der Waals surface area contributed by atoms with Gasteiger partial charge in [0.25, 0.3) is 0 Å². The van der Waals surface area contributed by atoms with Crippen LogP contribution in [0.1, 0.15) is 28.3 Å². The second-order valence-electron chi connectivity index (χ2n) is 6.89. The molecule has 0 bridgehead atoms. The third kappa shape index (κ3) is 3.49. The van der Waals surface area contributed by atoms with E-state index in [-0.39, 0.29) is 0 Å². The lowest BCUT2D eigenvalue weighted by Crippen LogP contribution is -2.01. The Bertz CT molecular complexity index is 1170. The average molecular weight is 370 g/mol. The van der Waals surface area contributed by atoms with Gasteiger partial charge in [-0.15, -0.1) is 0 Å². The van der Waals surface area contributed by atoms with Gasteiger partial charge in [-0.25, -0.2) is 15.4 Å². The predicted molar refractivity (Wildman–Crippen MR) is 113 cm³/mol. The SMILES string of the molecule is Cc1cc(C)nc(N/N=C/c2cc(C)n(-c3ccc4ncccc4c3)c2C)n1. The molecule has 0 spiro atoms. The van der Waals surface area contributed by atoms with E-state index in [1.54, 1.807) is 0 Å². The van der Waals surface area contributed by atoms with E-state index in [1.807, 2.05) is 38.4 Å². The van der Waals surface area contributed by atoms with E-state index >= 15 is 0 Å². The topological polar surface area (TPSA) is 68.0 Å². The second-order valence-corrected chi connectivity index (χ2v) is 6.89. The van der Waals surface area contributed by atoms with E-state index in [0.29, 0.717) is 5.95 Å². The maximum Gasteiger partial charge on any atom is 0.243 e. The summed E-state index contributed by atoms with van der Waals surface area (Å²) in [5.41, 5.74) is 10.2. The Hall–Kier alpha value is -3.54. The van der Waals surface area contributed by atoms with Gasteiger partial charge in [0.15, 0.2) is 0 Å². The van der Waals surface area contributed by atoms with E-state index in [1.165, 1.54) is 0 Å². The van der Waals surface area contributed by atoms with Crippen LogP contribution in [-0.4, -0.2) is 25.7 Å². The largest absolute Gasteiger partial charge is 0.318 e. The van der Waals surface area contributed by atoms with Crippen LogP contribution in [0.2, 0.25) is 0 Å². The van der Waals surface area contributed by atoms with Gasteiger partial charge in [0.1, 0.15) is 0 Å². The Morgan fingerprint density at radius 3 is 2.54 bits per heavy atom. The van der Waals surface area contributed by atoms with Crippen molar-refractivity contribution in [3.8, 4) is 5.69 Å². The molecule has 28 heavy (non-hydrogen) atoms. The summed E-state index contributed by atoms with van der Waals surface area (Å²) in [6, 6.07) is 14.4. The number of pyridine rings is 1. The molecule has 140 valence electrons. The Kier molecular flexibility index (Phi) is 4.61. The summed E-state index contributed by atoms with van der Waals surface area (Å²) >= 11 is 0. The molecule has 0 amide bonds. The molecule has 0 saturated heterocycles. The molecule has 0 atom stereocenters. The molecule has 4 aromatic rings. The van der Waals surface area contributed by atoms with Crippen LogP contribution >= 0.6 is 0 Å². The number of hydrogen-bond acceptors (Lipinski definition) is 5. The molecule has 0 saturated carbocycles. The highest BCUT2D eigenvalue weighted by Gasteiger charge is 2.10. The van der Waals surface area contributed by atoms with Gasteiger partial charge < -0.3 is 4.57 Å². The maximum atomic E-state index is 4.40. The molecule has 1 aromatic carbocycles. The van der Waals surface area contributed by atoms with Gasteiger partial charge in [0.2, 0.25) is 5.95 Å². The minimum Gasteiger partial charge on any atom is -0.318 e. The van der Waals surface area contributed by atoms with Crippen molar-refractivity contribution in [3.05, 3.63) is 77.0 Å². The average Bonchev–Trinajstić information content (AvgIpc) is 2.94. The first-order chi connectivity index (χ1) is 13.5. The zero-order valence-electron chi connectivity index (χ0n) is 16.4. The molecule has 1 N–H and O–H groups in total. The lowest BCUT2D eigenvalue weighted by Gasteiger charge is -2.10. The number of nitrogens with one attached hydrogen (secondary N) is 1. The molecule has 4 rings (SSSR count). The number of aryl methyl sites for hydroxylation is 3. The first-order valence-corrected chi connectivity index (χ1v) is 9.17. The number of rotatable bonds is 4. The van der Waals surface area contributed by atoms with Crippen LogP contribution in [-0.2, 0) is 0 Å². The van der Waals surface area contributed by atoms with Gasteiger partial charge in [-0.1, -0.05) is 6.07 Å². The van der Waals surface area contributed by atoms with Crippen LogP contribution in [0.5, 0.6) is 0 Å². The number of fused-ring (bicyclic) bond motifs is 1. The van der Waals surface area contributed by atoms with Gasteiger partial charge in [-0.05, 0) is 64.1 Å². The van der Waals surface area contributed by atoms with Gasteiger partial charge in [-0.3, -0.25) is 4.98 Å². The molecule has 3 aromatic heterocycles. The molecule has 0 radical (unpaired) electrons. The molecule has 0 unspecified atom stereocenters. The number of anilines is 1. The fraction of sp³-hybridized carbons (Fsp3) is 0.182. The Balaban J connectivity index is 1.63. The number of hydrogen-bond donors (Lipinski definition) is 1. The lowest BCUT2D eigenvalue weighted by molar-refractivity contribution is 0.966. The first kappa shape index (κ1) is 17.9. The van der Waals surface area contributed by atoms with E-state index in [0.717, 1.165) is 44.9 Å². The standard InChI is InChI=1S/C22H22N6/c1-14-10-15(2)26-22(25-14)27-24-13-19-11-16(3)28(17(19)4)20-7-8-21-18(12-20)6-5-9-23-21/h5-13H,1-4H3,(H,25,26,27)/b24-13+. The zero-order valence-corrected chi connectivity index (χ0v) is 16.4.